The van der Waals surface area contributed by atoms with Gasteiger partial charge in [-0.1, -0.05) is 0 Å². The number of aromatic carboxylic acids is 1. The van der Waals surface area contributed by atoms with Gasteiger partial charge in [0, 0.05) is 0 Å². The summed E-state index contributed by atoms with van der Waals surface area (Å²) in [6.45, 7) is 3.60. The van der Waals surface area contributed by atoms with Crippen molar-refractivity contribution in [2.24, 2.45) is 0 Å². The maximum Gasteiger partial charge on any atom is 0.341 e. The number of nitrogens with two attached hydrogens (primary N) is 1. The molecule has 0 amide bonds. The van der Waals surface area contributed by atoms with Crippen LogP contribution in [0.15, 0.2) is 12.1 Å². The molecule has 1 aromatic rings. The van der Waals surface area contributed by atoms with Gasteiger partial charge in [0.2, 0.25) is 0 Å². The summed E-state index contributed by atoms with van der Waals surface area (Å²) in [4.78, 5) is 11.1. The van der Waals surface area contributed by atoms with Gasteiger partial charge in [0.15, 0.2) is 11.5 Å². The van der Waals surface area contributed by atoms with E-state index in [1.54, 1.807) is 19.9 Å². The molecule has 5 nitrogen and oxygen atoms in total. The van der Waals surface area contributed by atoms with Gasteiger partial charge >= 0.3 is 5.97 Å². The highest BCUT2D eigenvalue weighted by Gasteiger charge is 2.20. The molecule has 0 radical (unpaired) electrons. The maximum absolute atomic E-state index is 11.1. The van der Waals surface area contributed by atoms with Crippen LogP contribution in [0, 0.1) is 0 Å². The zero-order chi connectivity index (χ0) is 12.3. The van der Waals surface area contributed by atoms with Crippen LogP contribution in [0.25, 0.3) is 0 Å². The lowest BCUT2D eigenvalue weighted by Gasteiger charge is -2.16. The van der Waals surface area contributed by atoms with Crippen molar-refractivity contribution in [2.45, 2.75) is 20.0 Å². The van der Waals surface area contributed by atoms with E-state index in [2.05, 4.69) is 0 Å². The van der Waals surface area contributed by atoms with E-state index in [1.807, 2.05) is 0 Å². The van der Waals surface area contributed by atoms with Crippen LogP contribution >= 0.6 is 0 Å². The van der Waals surface area contributed by atoms with Crippen molar-refractivity contribution < 1.29 is 19.4 Å². The highest BCUT2D eigenvalue weighted by atomic mass is 16.5. The van der Waals surface area contributed by atoms with Crippen molar-refractivity contribution in [3.05, 3.63) is 17.7 Å². The lowest BCUT2D eigenvalue weighted by atomic mass is 10.1. The molecule has 1 aromatic carbocycles. The van der Waals surface area contributed by atoms with E-state index in [4.69, 9.17) is 20.3 Å². The molecule has 0 fully saturated rings. The first-order valence-corrected chi connectivity index (χ1v) is 4.83. The monoisotopic (exact) mass is 225 g/mol. The van der Waals surface area contributed by atoms with Crippen molar-refractivity contribution in [1.82, 2.24) is 0 Å². The zero-order valence-corrected chi connectivity index (χ0v) is 9.48. The molecule has 1 rings (SSSR count). The van der Waals surface area contributed by atoms with E-state index < -0.39 is 5.97 Å². The number of carbonyl (C=O) groups is 1. The Hall–Kier alpha value is -1.91. The van der Waals surface area contributed by atoms with E-state index in [0.29, 0.717) is 5.75 Å². The molecule has 0 saturated heterocycles. The van der Waals surface area contributed by atoms with Crippen molar-refractivity contribution in [3.8, 4) is 11.5 Å². The quantitative estimate of drug-likeness (QED) is 0.763. The van der Waals surface area contributed by atoms with Gasteiger partial charge in [0.25, 0.3) is 0 Å². The second-order valence-corrected chi connectivity index (χ2v) is 3.53. The largest absolute Gasteiger partial charge is 0.493 e. The first kappa shape index (κ1) is 12.2. The number of methoxy groups -OCH3 is 1. The Morgan fingerprint density at radius 2 is 2.06 bits per heavy atom. The second-order valence-electron chi connectivity index (χ2n) is 3.53. The van der Waals surface area contributed by atoms with Crippen LogP contribution in [0.2, 0.25) is 0 Å². The molecule has 0 atom stereocenters. The highest BCUT2D eigenvalue weighted by molar-refractivity contribution is 5.97. The van der Waals surface area contributed by atoms with E-state index in [-0.39, 0.29) is 23.1 Å². The lowest BCUT2D eigenvalue weighted by molar-refractivity contribution is 0.0691. The molecule has 0 aliphatic carbocycles. The Balaban J connectivity index is 3.36. The number of benzene rings is 1. The summed E-state index contributed by atoms with van der Waals surface area (Å²) in [7, 11) is 1.45. The average Bonchev–Trinajstić information content (AvgIpc) is 2.16. The zero-order valence-electron chi connectivity index (χ0n) is 9.48. The van der Waals surface area contributed by atoms with Crippen LogP contribution in [0.5, 0.6) is 11.5 Å². The predicted molar refractivity (Wildman–Crippen MR) is 60.1 cm³/mol. The number of carboxylic acid groups (broad SMARTS) is 1. The number of rotatable bonds is 4. The molecule has 0 aliphatic rings. The average molecular weight is 225 g/mol. The molecule has 0 saturated carbocycles. The van der Waals surface area contributed by atoms with Crippen LogP contribution in [-0.2, 0) is 0 Å². The fourth-order valence-corrected chi connectivity index (χ4v) is 1.31. The first-order chi connectivity index (χ1) is 7.47. The summed E-state index contributed by atoms with van der Waals surface area (Å²) >= 11 is 0. The molecule has 0 heterocycles. The van der Waals surface area contributed by atoms with E-state index in [9.17, 15) is 4.79 Å². The van der Waals surface area contributed by atoms with Crippen LogP contribution in [0.3, 0.4) is 0 Å². The number of hydrogen-bond donors (Lipinski definition) is 2. The van der Waals surface area contributed by atoms with Gasteiger partial charge in [-0.05, 0) is 26.0 Å². The molecule has 16 heavy (non-hydrogen) atoms. The minimum Gasteiger partial charge on any atom is -0.493 e. The highest BCUT2D eigenvalue weighted by Crippen LogP contribution is 2.35. The van der Waals surface area contributed by atoms with E-state index >= 15 is 0 Å². The predicted octanol–water partition coefficient (Wildman–Crippen LogP) is 1.76. The molecule has 0 unspecified atom stereocenters. The SMILES string of the molecule is COc1ccc(N)c(C(=O)O)c1OC(C)C. The van der Waals surface area contributed by atoms with Gasteiger partial charge in [0.1, 0.15) is 5.56 Å². The third-order valence-electron chi connectivity index (χ3n) is 1.94. The minimum atomic E-state index is -1.13. The third kappa shape index (κ3) is 2.36. The van der Waals surface area contributed by atoms with Gasteiger partial charge in [-0.25, -0.2) is 4.79 Å². The maximum atomic E-state index is 11.1. The number of carboxylic acids is 1. The second kappa shape index (κ2) is 4.74. The van der Waals surface area contributed by atoms with E-state index in [0.717, 1.165) is 0 Å². The Labute approximate surface area is 93.8 Å². The van der Waals surface area contributed by atoms with Crippen molar-refractivity contribution in [3.63, 3.8) is 0 Å². The first-order valence-electron chi connectivity index (χ1n) is 4.83. The molecule has 5 heteroatoms. The number of hydrogen-bond acceptors (Lipinski definition) is 4. The fourth-order valence-electron chi connectivity index (χ4n) is 1.31. The van der Waals surface area contributed by atoms with Crippen molar-refractivity contribution in [2.75, 3.05) is 12.8 Å². The molecule has 0 spiro atoms. The normalized spacial score (nSPS) is 10.2. The number of nitrogen functional groups attached to an aromatic ring is 1. The topological polar surface area (TPSA) is 81.8 Å². The van der Waals surface area contributed by atoms with Crippen LogP contribution in [0.1, 0.15) is 24.2 Å². The molecule has 0 aromatic heterocycles. The summed E-state index contributed by atoms with van der Waals surface area (Å²) in [5.74, 6) is -0.600. The van der Waals surface area contributed by atoms with Crippen molar-refractivity contribution >= 4 is 11.7 Å². The summed E-state index contributed by atoms with van der Waals surface area (Å²) < 4.78 is 10.5. The number of anilines is 1. The van der Waals surface area contributed by atoms with Gasteiger partial charge in [-0.2, -0.15) is 0 Å². The minimum absolute atomic E-state index is 0.0620. The van der Waals surface area contributed by atoms with E-state index in [1.165, 1.54) is 13.2 Å². The third-order valence-corrected chi connectivity index (χ3v) is 1.94. The fraction of sp³-hybridized carbons (Fsp3) is 0.364. The Morgan fingerprint density at radius 1 is 1.44 bits per heavy atom. The van der Waals surface area contributed by atoms with Gasteiger partial charge in [-0.3, -0.25) is 0 Å². The van der Waals surface area contributed by atoms with Gasteiger partial charge in [-0.15, -0.1) is 0 Å². The summed E-state index contributed by atoms with van der Waals surface area (Å²) in [6.07, 6.45) is -0.159. The van der Waals surface area contributed by atoms with Gasteiger partial charge in [0.05, 0.1) is 18.9 Å². The molecular formula is C11H15NO4. The molecule has 3 N–H and O–H groups in total. The molecular weight excluding hydrogens is 210 g/mol. The Morgan fingerprint density at radius 3 is 2.50 bits per heavy atom. The lowest BCUT2D eigenvalue weighted by Crippen LogP contribution is -2.12. The summed E-state index contributed by atoms with van der Waals surface area (Å²) in [5, 5.41) is 9.06. The van der Waals surface area contributed by atoms with Crippen LogP contribution in [0.4, 0.5) is 5.69 Å². The standard InChI is InChI=1S/C11H15NO4/c1-6(2)16-10-8(15-3)5-4-7(12)9(10)11(13)14/h4-6H,12H2,1-3H3,(H,13,14). The van der Waals surface area contributed by atoms with Gasteiger partial charge < -0.3 is 20.3 Å². The summed E-state index contributed by atoms with van der Waals surface area (Å²) in [6, 6.07) is 3.06. The van der Waals surface area contributed by atoms with Crippen LogP contribution < -0.4 is 15.2 Å². The Kier molecular flexibility index (Phi) is 3.60. The summed E-state index contributed by atoms with van der Waals surface area (Å²) in [5.41, 5.74) is 5.70. The Bertz CT molecular complexity index is 401. The smallest absolute Gasteiger partial charge is 0.341 e. The number of ether oxygens (including phenoxy) is 2. The van der Waals surface area contributed by atoms with Crippen LogP contribution in [-0.4, -0.2) is 24.3 Å². The molecule has 88 valence electrons. The van der Waals surface area contributed by atoms with Crippen molar-refractivity contribution in [1.29, 1.82) is 0 Å². The molecule has 0 bridgehead atoms. The molecule has 0 aliphatic heterocycles.